The zero-order chi connectivity index (χ0) is 26.8. The monoisotopic (exact) mass is 526 g/mol. The van der Waals surface area contributed by atoms with Gasteiger partial charge in [0, 0.05) is 10.7 Å². The summed E-state index contributed by atoms with van der Waals surface area (Å²) in [6.07, 6.45) is 0.953. The molecule has 0 aromatic heterocycles. The smallest absolute Gasteiger partial charge is 0.122 e. The van der Waals surface area contributed by atoms with E-state index in [4.69, 9.17) is 0 Å². The first-order valence-electron chi connectivity index (χ1n) is 13.2. The lowest BCUT2D eigenvalue weighted by molar-refractivity contribution is 0.450. The molecule has 0 radical (unpaired) electrons. The van der Waals surface area contributed by atoms with Crippen molar-refractivity contribution in [1.29, 1.82) is 0 Å². The molecule has 2 atom stereocenters. The Labute approximate surface area is 226 Å². The molecule has 0 heterocycles. The molecule has 0 bridgehead atoms. The number of hydrogen-bond donors (Lipinski definition) is 1. The molecule has 0 aliphatic heterocycles. The van der Waals surface area contributed by atoms with Gasteiger partial charge < -0.3 is 5.11 Å². The van der Waals surface area contributed by atoms with Crippen LogP contribution >= 0.6 is 16.5 Å². The molecule has 0 spiro atoms. The molecule has 192 valence electrons. The van der Waals surface area contributed by atoms with Gasteiger partial charge in [0.05, 0.1) is 0 Å². The van der Waals surface area contributed by atoms with Gasteiger partial charge in [0.15, 0.2) is 0 Å². The van der Waals surface area contributed by atoms with Crippen LogP contribution in [0.2, 0.25) is 0 Å². The zero-order valence-electron chi connectivity index (χ0n) is 23.3. The fourth-order valence-electron chi connectivity index (χ4n) is 4.84. The lowest BCUT2D eigenvalue weighted by Crippen LogP contribution is -2.33. The van der Waals surface area contributed by atoms with E-state index >= 15 is 0 Å². The van der Waals surface area contributed by atoms with Crippen LogP contribution in [-0.2, 0) is 10.6 Å². The molecule has 0 aliphatic rings. The summed E-state index contributed by atoms with van der Waals surface area (Å²) < 4.78 is 0. The van der Waals surface area contributed by atoms with Crippen LogP contribution in [0.25, 0.3) is 0 Å². The molecule has 37 heavy (non-hydrogen) atoms. The molecule has 4 aromatic rings. The number of rotatable bonds is 7. The van der Waals surface area contributed by atoms with Crippen molar-refractivity contribution in [2.75, 3.05) is 0 Å². The second kappa shape index (κ2) is 11.1. The van der Waals surface area contributed by atoms with Crippen molar-refractivity contribution in [3.8, 4) is 5.75 Å². The quantitative estimate of drug-likeness (QED) is 0.245. The van der Waals surface area contributed by atoms with Gasteiger partial charge in [0.2, 0.25) is 0 Å². The third kappa shape index (κ3) is 5.85. The van der Waals surface area contributed by atoms with E-state index in [0.717, 1.165) is 17.5 Å². The summed E-state index contributed by atoms with van der Waals surface area (Å²) in [7, 11) is -0.169. The molecule has 0 fully saturated rings. The number of hydrogen-bond acceptors (Lipinski definition) is 1. The van der Waals surface area contributed by atoms with Crippen LogP contribution in [0, 0.1) is 13.8 Å². The summed E-state index contributed by atoms with van der Waals surface area (Å²) in [6.45, 7) is 15.6. The molecule has 3 heteroatoms. The molecule has 1 N–H and O–H groups in total. The normalized spacial score (nSPS) is 13.8. The van der Waals surface area contributed by atoms with Crippen molar-refractivity contribution < 1.29 is 5.11 Å². The minimum atomic E-state index is -0.704. The average Bonchev–Trinajstić information content (AvgIpc) is 2.88. The van der Waals surface area contributed by atoms with Gasteiger partial charge in [-0.3, -0.25) is 0 Å². The third-order valence-electron chi connectivity index (χ3n) is 7.39. The third-order valence-corrected chi connectivity index (χ3v) is 12.2. The van der Waals surface area contributed by atoms with Gasteiger partial charge in [0.25, 0.3) is 0 Å². The Bertz CT molecular complexity index is 1320. The van der Waals surface area contributed by atoms with Gasteiger partial charge in [0.1, 0.15) is 5.75 Å². The van der Waals surface area contributed by atoms with Crippen LogP contribution < -0.4 is 21.2 Å². The summed E-state index contributed by atoms with van der Waals surface area (Å²) in [5, 5.41) is 16.8. The van der Waals surface area contributed by atoms with E-state index in [1.807, 2.05) is 6.92 Å². The second-order valence-electron chi connectivity index (χ2n) is 11.2. The summed E-state index contributed by atoms with van der Waals surface area (Å²) in [5.74, 6) is 0.452. The van der Waals surface area contributed by atoms with Gasteiger partial charge in [-0.25, -0.2) is 0 Å². The lowest BCUT2D eigenvalue weighted by Gasteiger charge is -2.34. The van der Waals surface area contributed by atoms with Crippen LogP contribution in [0.3, 0.4) is 0 Å². The van der Waals surface area contributed by atoms with E-state index < -0.39 is 7.92 Å². The Morgan fingerprint density at radius 3 is 1.81 bits per heavy atom. The average molecular weight is 527 g/mol. The summed E-state index contributed by atoms with van der Waals surface area (Å²) in [6, 6.07) is 33.1. The number of phenols is 1. The number of benzene rings is 4. The summed E-state index contributed by atoms with van der Waals surface area (Å²) in [4.78, 5) is 0. The second-order valence-corrected chi connectivity index (χ2v) is 15.3. The maximum atomic E-state index is 11.3. The Morgan fingerprint density at radius 2 is 1.30 bits per heavy atom. The first-order chi connectivity index (χ1) is 17.5. The SMILES string of the molecule is CCC(C)(Pc1c(C)cccc1P(c1ccccc1)c1ccccc1)c1cc(C(C)(C)C)cc(C)c1O. The maximum absolute atomic E-state index is 11.3. The highest BCUT2D eigenvalue weighted by Crippen LogP contribution is 2.50. The van der Waals surface area contributed by atoms with E-state index in [9.17, 15) is 5.11 Å². The first kappa shape index (κ1) is 27.6. The van der Waals surface area contributed by atoms with Gasteiger partial charge in [-0.05, 0) is 71.5 Å². The molecule has 4 aromatic carbocycles. The van der Waals surface area contributed by atoms with Crippen LogP contribution in [-0.4, -0.2) is 5.11 Å². The van der Waals surface area contributed by atoms with E-state index in [1.165, 1.54) is 32.3 Å². The van der Waals surface area contributed by atoms with Gasteiger partial charge in [-0.2, -0.15) is 0 Å². The van der Waals surface area contributed by atoms with Gasteiger partial charge in [-0.1, -0.05) is 134 Å². The minimum absolute atomic E-state index is 0.0216. The largest absolute Gasteiger partial charge is 0.507 e. The van der Waals surface area contributed by atoms with E-state index in [0.29, 0.717) is 14.3 Å². The molecule has 0 saturated heterocycles. The molecular weight excluding hydrogens is 486 g/mol. The van der Waals surface area contributed by atoms with E-state index in [2.05, 4.69) is 133 Å². The van der Waals surface area contributed by atoms with Crippen molar-refractivity contribution in [2.45, 2.75) is 65.5 Å². The number of aryl methyl sites for hydroxylation is 2. The zero-order valence-corrected chi connectivity index (χ0v) is 25.2. The molecular formula is C34H40OP2. The molecule has 4 rings (SSSR count). The predicted octanol–water partition coefficient (Wildman–Crippen LogP) is 7.69. The fraction of sp³-hybridized carbons (Fsp3) is 0.294. The fourth-order valence-corrected chi connectivity index (χ4v) is 9.32. The predicted molar refractivity (Wildman–Crippen MR) is 167 cm³/mol. The topological polar surface area (TPSA) is 20.2 Å². The van der Waals surface area contributed by atoms with Crippen LogP contribution in [0.15, 0.2) is 91.0 Å². The van der Waals surface area contributed by atoms with Gasteiger partial charge >= 0.3 is 0 Å². The van der Waals surface area contributed by atoms with Crippen molar-refractivity contribution in [1.82, 2.24) is 0 Å². The van der Waals surface area contributed by atoms with Crippen LogP contribution in [0.1, 0.15) is 63.3 Å². The highest BCUT2D eigenvalue weighted by molar-refractivity contribution is 7.81. The number of phenolic OH excluding ortho intramolecular Hbond substituents is 1. The molecule has 1 nitrogen and oxygen atoms in total. The molecule has 2 unspecified atom stereocenters. The minimum Gasteiger partial charge on any atom is -0.507 e. The molecule has 0 saturated carbocycles. The Balaban J connectivity index is 1.90. The highest BCUT2D eigenvalue weighted by Gasteiger charge is 2.33. The standard InChI is InChI=1S/C34H40OP2/c1-8-34(7,29-23-26(33(4,5)6)22-25(3)31(29)35)36-32-24(2)16-15-21-30(32)37(27-17-11-9-12-18-27)28-19-13-10-14-20-28/h9-23,35-36H,8H2,1-7H3. The Hall–Kier alpha value is -2.46. The van der Waals surface area contributed by atoms with Crippen LogP contribution in [0.4, 0.5) is 0 Å². The van der Waals surface area contributed by atoms with Crippen molar-refractivity contribution in [3.63, 3.8) is 0 Å². The summed E-state index contributed by atoms with van der Waals surface area (Å²) in [5.41, 5.74) is 4.68. The van der Waals surface area contributed by atoms with Crippen LogP contribution in [0.5, 0.6) is 5.75 Å². The summed E-state index contributed by atoms with van der Waals surface area (Å²) >= 11 is 0. The van der Waals surface area contributed by atoms with Crippen molar-refractivity contribution >= 4 is 37.7 Å². The molecule has 0 aliphatic carbocycles. The van der Waals surface area contributed by atoms with E-state index in [-0.39, 0.29) is 10.6 Å². The highest BCUT2D eigenvalue weighted by atomic mass is 31.1. The lowest BCUT2D eigenvalue weighted by atomic mass is 9.82. The van der Waals surface area contributed by atoms with Crippen molar-refractivity contribution in [3.05, 3.63) is 113 Å². The van der Waals surface area contributed by atoms with Gasteiger partial charge in [-0.15, -0.1) is 0 Å². The first-order valence-corrected chi connectivity index (χ1v) is 15.5. The maximum Gasteiger partial charge on any atom is 0.122 e. The van der Waals surface area contributed by atoms with Crippen molar-refractivity contribution in [2.24, 2.45) is 0 Å². The number of aromatic hydroxyl groups is 1. The molecule has 0 amide bonds. The Kier molecular flexibility index (Phi) is 8.28. The van der Waals surface area contributed by atoms with E-state index in [1.54, 1.807) is 0 Å². The Morgan fingerprint density at radius 1 is 0.730 bits per heavy atom.